The van der Waals surface area contributed by atoms with Crippen LogP contribution in [0.15, 0.2) is 12.3 Å². The fraction of sp³-hybridized carbons (Fsp3) is 0.625. The first kappa shape index (κ1) is 15.7. The van der Waals surface area contributed by atoms with Crippen LogP contribution in [0, 0.1) is 5.82 Å². The van der Waals surface area contributed by atoms with Crippen LogP contribution in [0.1, 0.15) is 56.3 Å². The second-order valence-corrected chi connectivity index (χ2v) is 5.53. The maximum atomic E-state index is 13.5. The summed E-state index contributed by atoms with van der Waals surface area (Å²) in [6, 6.07) is 1.56. The van der Waals surface area contributed by atoms with Crippen LogP contribution in [-0.4, -0.2) is 34.9 Å². The molecule has 0 bridgehead atoms. The van der Waals surface area contributed by atoms with Crippen LogP contribution >= 0.6 is 0 Å². The van der Waals surface area contributed by atoms with Crippen LogP contribution in [0.3, 0.4) is 0 Å². The molecule has 5 heteroatoms. The van der Waals surface area contributed by atoms with Crippen molar-refractivity contribution >= 4 is 11.7 Å². The molecule has 1 amide bonds. The van der Waals surface area contributed by atoms with Crippen molar-refractivity contribution in [3.63, 3.8) is 0 Å². The van der Waals surface area contributed by atoms with Crippen LogP contribution in [0.25, 0.3) is 0 Å². The molecule has 116 valence electrons. The molecule has 4 nitrogen and oxygen atoms in total. The first-order chi connectivity index (χ1) is 10.2. The van der Waals surface area contributed by atoms with Crippen molar-refractivity contribution in [2.45, 2.75) is 52.0 Å². The highest BCUT2D eigenvalue weighted by Gasteiger charge is 2.28. The summed E-state index contributed by atoms with van der Waals surface area (Å²) in [5.74, 6) is -0.0821. The number of hydrogen-bond acceptors (Lipinski definition) is 3. The first-order valence-corrected chi connectivity index (χ1v) is 7.87. The van der Waals surface area contributed by atoms with Crippen molar-refractivity contribution < 1.29 is 9.18 Å². The van der Waals surface area contributed by atoms with E-state index in [0.29, 0.717) is 11.4 Å². The lowest BCUT2D eigenvalue weighted by molar-refractivity contribution is 0.0608. The molecule has 21 heavy (non-hydrogen) atoms. The largest absolute Gasteiger partial charge is 0.369 e. The zero-order chi connectivity index (χ0) is 15.2. The molecule has 1 atom stereocenters. The predicted octanol–water partition coefficient (Wildman–Crippen LogP) is 3.45. The monoisotopic (exact) mass is 293 g/mol. The van der Waals surface area contributed by atoms with Crippen molar-refractivity contribution in [2.24, 2.45) is 0 Å². The summed E-state index contributed by atoms with van der Waals surface area (Å²) in [6.07, 6.45) is 6.22. The predicted molar refractivity (Wildman–Crippen MR) is 81.9 cm³/mol. The fourth-order valence-corrected chi connectivity index (χ4v) is 2.83. The summed E-state index contributed by atoms with van der Waals surface area (Å²) >= 11 is 0. The molecule has 0 aliphatic carbocycles. The number of anilines is 1. The SMILES string of the molecule is CCCNc1ncc(F)cc1C(=O)N1CCCCC1CC. The molecule has 2 heterocycles. The third-order valence-corrected chi connectivity index (χ3v) is 3.99. The molecular formula is C16H24FN3O. The van der Waals surface area contributed by atoms with Gasteiger partial charge in [0.2, 0.25) is 0 Å². The summed E-state index contributed by atoms with van der Waals surface area (Å²) < 4.78 is 13.5. The Balaban J connectivity index is 2.26. The number of nitrogens with zero attached hydrogens (tertiary/aromatic N) is 2. The number of pyridine rings is 1. The summed E-state index contributed by atoms with van der Waals surface area (Å²) in [5, 5.41) is 3.12. The van der Waals surface area contributed by atoms with Gasteiger partial charge >= 0.3 is 0 Å². The highest BCUT2D eigenvalue weighted by Crippen LogP contribution is 2.24. The molecular weight excluding hydrogens is 269 g/mol. The van der Waals surface area contributed by atoms with Crippen LogP contribution in [0.5, 0.6) is 0 Å². The molecule has 0 spiro atoms. The summed E-state index contributed by atoms with van der Waals surface area (Å²) in [6.45, 7) is 5.60. The standard InChI is InChI=1S/C16H24FN3O/c1-3-8-18-15-14(10-12(17)11-19-15)16(21)20-9-6-5-7-13(20)4-2/h10-11,13H,3-9H2,1-2H3,(H,18,19). The number of halogens is 1. The number of aromatic nitrogens is 1. The number of carbonyl (C=O) groups is 1. The van der Waals surface area contributed by atoms with Crippen LogP contribution in [-0.2, 0) is 0 Å². The highest BCUT2D eigenvalue weighted by atomic mass is 19.1. The molecule has 1 aromatic rings. The average molecular weight is 293 g/mol. The number of rotatable bonds is 5. The number of nitrogens with one attached hydrogen (secondary N) is 1. The molecule has 1 aliphatic rings. The minimum absolute atomic E-state index is 0.104. The second-order valence-electron chi connectivity index (χ2n) is 5.53. The van der Waals surface area contributed by atoms with Gasteiger partial charge in [0.05, 0.1) is 11.8 Å². The zero-order valence-electron chi connectivity index (χ0n) is 12.9. The van der Waals surface area contributed by atoms with Crippen LogP contribution < -0.4 is 5.32 Å². The van der Waals surface area contributed by atoms with Gasteiger partial charge in [-0.15, -0.1) is 0 Å². The van der Waals surface area contributed by atoms with Gasteiger partial charge in [0.1, 0.15) is 11.6 Å². The molecule has 1 N–H and O–H groups in total. The molecule has 0 saturated carbocycles. The number of carbonyl (C=O) groups excluding carboxylic acids is 1. The lowest BCUT2D eigenvalue weighted by atomic mass is 9.99. The van der Waals surface area contributed by atoms with Crippen molar-refractivity contribution in [3.05, 3.63) is 23.6 Å². The van der Waals surface area contributed by atoms with Crippen molar-refractivity contribution in [1.29, 1.82) is 0 Å². The van der Waals surface area contributed by atoms with E-state index in [2.05, 4.69) is 17.2 Å². The normalized spacial score (nSPS) is 18.6. The van der Waals surface area contributed by atoms with E-state index in [0.717, 1.165) is 51.4 Å². The Labute approximate surface area is 125 Å². The van der Waals surface area contributed by atoms with Crippen LogP contribution in [0.2, 0.25) is 0 Å². The molecule has 0 radical (unpaired) electrons. The lowest BCUT2D eigenvalue weighted by Gasteiger charge is -2.35. The van der Waals surface area contributed by atoms with Crippen molar-refractivity contribution in [3.8, 4) is 0 Å². The Morgan fingerprint density at radius 2 is 2.29 bits per heavy atom. The van der Waals surface area contributed by atoms with E-state index in [-0.39, 0.29) is 11.9 Å². The van der Waals surface area contributed by atoms with Gasteiger partial charge in [-0.25, -0.2) is 9.37 Å². The molecule has 1 saturated heterocycles. The first-order valence-electron chi connectivity index (χ1n) is 7.87. The molecule has 1 aliphatic heterocycles. The zero-order valence-corrected chi connectivity index (χ0v) is 12.9. The van der Waals surface area contributed by atoms with Gasteiger partial charge in [0, 0.05) is 19.1 Å². The quantitative estimate of drug-likeness (QED) is 0.904. The maximum Gasteiger partial charge on any atom is 0.257 e. The Hall–Kier alpha value is -1.65. The number of piperidine rings is 1. The Kier molecular flexibility index (Phi) is 5.53. The smallest absolute Gasteiger partial charge is 0.257 e. The van der Waals surface area contributed by atoms with Gasteiger partial charge in [-0.05, 0) is 38.2 Å². The maximum absolute atomic E-state index is 13.5. The third kappa shape index (κ3) is 3.71. The topological polar surface area (TPSA) is 45.2 Å². The highest BCUT2D eigenvalue weighted by molar-refractivity contribution is 5.99. The van der Waals surface area contributed by atoms with Gasteiger partial charge in [0.25, 0.3) is 5.91 Å². The van der Waals surface area contributed by atoms with Crippen molar-refractivity contribution in [1.82, 2.24) is 9.88 Å². The van der Waals surface area contributed by atoms with E-state index in [4.69, 9.17) is 0 Å². The molecule has 1 aromatic heterocycles. The average Bonchev–Trinajstić information content (AvgIpc) is 2.53. The van der Waals surface area contributed by atoms with Gasteiger partial charge in [-0.3, -0.25) is 4.79 Å². The van der Waals surface area contributed by atoms with E-state index < -0.39 is 5.82 Å². The molecule has 1 fully saturated rings. The second kappa shape index (κ2) is 7.38. The minimum Gasteiger partial charge on any atom is -0.369 e. The lowest BCUT2D eigenvalue weighted by Crippen LogP contribution is -2.43. The third-order valence-electron chi connectivity index (χ3n) is 3.99. The van der Waals surface area contributed by atoms with Gasteiger partial charge in [-0.1, -0.05) is 13.8 Å². The summed E-state index contributed by atoms with van der Waals surface area (Å²) in [4.78, 5) is 18.7. The van der Waals surface area contributed by atoms with Gasteiger partial charge in [-0.2, -0.15) is 0 Å². The van der Waals surface area contributed by atoms with E-state index in [9.17, 15) is 9.18 Å². The minimum atomic E-state index is -0.467. The molecule has 2 rings (SSSR count). The van der Waals surface area contributed by atoms with E-state index in [1.807, 2.05) is 11.8 Å². The Morgan fingerprint density at radius 1 is 1.48 bits per heavy atom. The molecule has 1 unspecified atom stereocenters. The number of likely N-dealkylation sites (tertiary alicyclic amines) is 1. The van der Waals surface area contributed by atoms with Crippen LogP contribution in [0.4, 0.5) is 10.2 Å². The van der Waals surface area contributed by atoms with E-state index in [1.54, 1.807) is 0 Å². The van der Waals surface area contributed by atoms with E-state index in [1.165, 1.54) is 6.07 Å². The Morgan fingerprint density at radius 3 is 3.00 bits per heavy atom. The Bertz CT molecular complexity index is 492. The number of hydrogen-bond donors (Lipinski definition) is 1. The van der Waals surface area contributed by atoms with E-state index >= 15 is 0 Å². The van der Waals surface area contributed by atoms with Gasteiger partial charge in [0.15, 0.2) is 0 Å². The van der Waals surface area contributed by atoms with Crippen molar-refractivity contribution in [2.75, 3.05) is 18.4 Å². The number of amides is 1. The summed E-state index contributed by atoms with van der Waals surface area (Å²) in [7, 11) is 0. The fourth-order valence-electron chi connectivity index (χ4n) is 2.83. The van der Waals surface area contributed by atoms with Gasteiger partial charge < -0.3 is 10.2 Å². The summed E-state index contributed by atoms with van der Waals surface area (Å²) in [5.41, 5.74) is 0.351. The molecule has 0 aromatic carbocycles.